The third-order valence-corrected chi connectivity index (χ3v) is 4.79. The van der Waals surface area contributed by atoms with Gasteiger partial charge in [-0.15, -0.1) is 0 Å². The summed E-state index contributed by atoms with van der Waals surface area (Å²) >= 11 is 0. The molecule has 2 aromatic rings. The van der Waals surface area contributed by atoms with Gasteiger partial charge in [-0.3, -0.25) is 19.7 Å². The normalized spacial score (nSPS) is 15.6. The van der Waals surface area contributed by atoms with Crippen molar-refractivity contribution in [2.24, 2.45) is 5.92 Å². The molecule has 3 amide bonds. The molecule has 0 aliphatic carbocycles. The molecule has 31 heavy (non-hydrogen) atoms. The quantitative estimate of drug-likeness (QED) is 0.415. The molecule has 3 rings (SSSR count). The average molecular weight is 426 g/mol. The van der Waals surface area contributed by atoms with Crippen LogP contribution in [0.1, 0.15) is 12.8 Å². The first kappa shape index (κ1) is 21.8. The van der Waals surface area contributed by atoms with E-state index in [4.69, 9.17) is 4.74 Å². The summed E-state index contributed by atoms with van der Waals surface area (Å²) in [6.07, 6.45) is 1.17. The van der Waals surface area contributed by atoms with Crippen molar-refractivity contribution in [2.45, 2.75) is 12.8 Å². The van der Waals surface area contributed by atoms with Crippen LogP contribution in [0.3, 0.4) is 0 Å². The third-order valence-electron chi connectivity index (χ3n) is 4.79. The van der Waals surface area contributed by atoms with E-state index in [1.54, 1.807) is 30.3 Å². The second-order valence-electron chi connectivity index (χ2n) is 7.01. The van der Waals surface area contributed by atoms with Gasteiger partial charge in [-0.1, -0.05) is 30.3 Å². The molecule has 1 saturated heterocycles. The lowest BCUT2D eigenvalue weighted by atomic mass is 9.98. The number of likely N-dealkylation sites (tertiary alicyclic amines) is 1. The second kappa shape index (κ2) is 10.2. The van der Waals surface area contributed by atoms with Gasteiger partial charge < -0.3 is 20.3 Å². The molecule has 0 spiro atoms. The molecule has 0 aromatic heterocycles. The number of benzene rings is 2. The largest absolute Gasteiger partial charge is 0.455 e. The van der Waals surface area contributed by atoms with Gasteiger partial charge >= 0.3 is 12.0 Å². The molecule has 1 unspecified atom stereocenters. The Bertz CT molecular complexity index is 965. The Morgan fingerprint density at radius 3 is 2.52 bits per heavy atom. The third kappa shape index (κ3) is 6.01. The van der Waals surface area contributed by atoms with Crippen LogP contribution >= 0.6 is 0 Å². The number of esters is 1. The number of nitrogens with one attached hydrogen (secondary N) is 2. The van der Waals surface area contributed by atoms with E-state index in [2.05, 4.69) is 10.6 Å². The fourth-order valence-electron chi connectivity index (χ4n) is 3.26. The summed E-state index contributed by atoms with van der Waals surface area (Å²) < 4.78 is 5.08. The first-order valence-electron chi connectivity index (χ1n) is 9.75. The summed E-state index contributed by atoms with van der Waals surface area (Å²) in [5, 5.41) is 16.2. The van der Waals surface area contributed by atoms with Crippen molar-refractivity contribution in [3.8, 4) is 0 Å². The number of hydrogen-bond acceptors (Lipinski definition) is 6. The predicted octanol–water partition coefficient (Wildman–Crippen LogP) is 3.02. The molecule has 1 fully saturated rings. The maximum absolute atomic E-state index is 12.4. The molecule has 1 heterocycles. The number of nitro groups is 1. The summed E-state index contributed by atoms with van der Waals surface area (Å²) in [6, 6.07) is 14.4. The smallest absolute Gasteiger partial charge is 0.321 e. The highest BCUT2D eigenvalue weighted by atomic mass is 16.6. The summed E-state index contributed by atoms with van der Waals surface area (Å²) in [6.45, 7) is 0.126. The van der Waals surface area contributed by atoms with Crippen molar-refractivity contribution in [1.29, 1.82) is 0 Å². The standard InChI is InChI=1S/C21H22N4O6/c26-19(23-17-10-4-5-11-18(17)25(29)30)14-31-20(27)15-7-6-12-24(13-15)21(28)22-16-8-2-1-3-9-16/h1-5,8-11,15H,6-7,12-14H2,(H,22,28)(H,23,26). The van der Waals surface area contributed by atoms with Crippen LogP contribution in [-0.2, 0) is 14.3 Å². The Kier molecular flexibility index (Phi) is 7.15. The van der Waals surface area contributed by atoms with Crippen LogP contribution in [0.2, 0.25) is 0 Å². The predicted molar refractivity (Wildman–Crippen MR) is 112 cm³/mol. The van der Waals surface area contributed by atoms with Crippen molar-refractivity contribution in [3.05, 3.63) is 64.7 Å². The van der Waals surface area contributed by atoms with E-state index in [1.165, 1.54) is 23.1 Å². The van der Waals surface area contributed by atoms with Crippen LogP contribution in [0.15, 0.2) is 54.6 Å². The highest BCUT2D eigenvalue weighted by molar-refractivity contribution is 5.95. The Morgan fingerprint density at radius 1 is 1.06 bits per heavy atom. The van der Waals surface area contributed by atoms with Crippen LogP contribution in [0.5, 0.6) is 0 Å². The molecule has 0 radical (unpaired) electrons. The van der Waals surface area contributed by atoms with Gasteiger partial charge in [0.1, 0.15) is 5.69 Å². The van der Waals surface area contributed by atoms with E-state index in [9.17, 15) is 24.5 Å². The van der Waals surface area contributed by atoms with Gasteiger partial charge in [-0.05, 0) is 31.0 Å². The molecule has 1 atom stereocenters. The Hall–Kier alpha value is -3.95. The lowest BCUT2D eigenvalue weighted by molar-refractivity contribution is -0.383. The van der Waals surface area contributed by atoms with Crippen LogP contribution in [0, 0.1) is 16.0 Å². The Labute approximate surface area is 178 Å². The fraction of sp³-hybridized carbons (Fsp3) is 0.286. The van der Waals surface area contributed by atoms with E-state index in [0.29, 0.717) is 25.1 Å². The van der Waals surface area contributed by atoms with Gasteiger partial charge in [-0.2, -0.15) is 0 Å². The summed E-state index contributed by atoms with van der Waals surface area (Å²) in [4.78, 5) is 48.8. The maximum atomic E-state index is 12.4. The molecular weight excluding hydrogens is 404 g/mol. The number of nitrogens with zero attached hydrogens (tertiary/aromatic N) is 2. The van der Waals surface area contributed by atoms with E-state index < -0.39 is 29.3 Å². The van der Waals surface area contributed by atoms with Crippen molar-refractivity contribution < 1.29 is 24.0 Å². The van der Waals surface area contributed by atoms with Crippen LogP contribution in [0.25, 0.3) is 0 Å². The summed E-state index contributed by atoms with van der Waals surface area (Å²) in [7, 11) is 0. The zero-order valence-electron chi connectivity index (χ0n) is 16.7. The molecule has 10 nitrogen and oxygen atoms in total. The maximum Gasteiger partial charge on any atom is 0.321 e. The fourth-order valence-corrected chi connectivity index (χ4v) is 3.26. The topological polar surface area (TPSA) is 131 Å². The zero-order chi connectivity index (χ0) is 22.2. The van der Waals surface area contributed by atoms with Crippen LogP contribution in [0.4, 0.5) is 21.9 Å². The van der Waals surface area contributed by atoms with Gasteiger partial charge in [0.25, 0.3) is 11.6 Å². The van der Waals surface area contributed by atoms with Crippen molar-refractivity contribution in [1.82, 2.24) is 4.90 Å². The zero-order valence-corrected chi connectivity index (χ0v) is 16.7. The number of hydrogen-bond donors (Lipinski definition) is 2. The number of ether oxygens (including phenoxy) is 1. The van der Waals surface area contributed by atoms with Crippen molar-refractivity contribution in [3.63, 3.8) is 0 Å². The molecule has 10 heteroatoms. The SMILES string of the molecule is O=C(COC(=O)C1CCCN(C(=O)Nc2ccccc2)C1)Nc1ccccc1[N+](=O)[O-]. The molecular formula is C21H22N4O6. The number of piperidine rings is 1. The van der Waals surface area contributed by atoms with E-state index in [0.717, 1.165) is 0 Å². The number of anilines is 2. The van der Waals surface area contributed by atoms with Gasteiger partial charge in [0.2, 0.25) is 0 Å². The van der Waals surface area contributed by atoms with E-state index >= 15 is 0 Å². The Morgan fingerprint density at radius 2 is 1.77 bits per heavy atom. The Balaban J connectivity index is 1.49. The van der Waals surface area contributed by atoms with Gasteiger partial charge in [-0.25, -0.2) is 4.79 Å². The number of nitro benzene ring substituents is 1. The average Bonchev–Trinajstić information content (AvgIpc) is 2.78. The van der Waals surface area contributed by atoms with Gasteiger partial charge in [0.05, 0.1) is 10.8 Å². The monoisotopic (exact) mass is 426 g/mol. The van der Waals surface area contributed by atoms with Crippen molar-refractivity contribution >= 4 is 35.0 Å². The lowest BCUT2D eigenvalue weighted by Gasteiger charge is -2.31. The first-order chi connectivity index (χ1) is 14.9. The summed E-state index contributed by atoms with van der Waals surface area (Å²) in [5.41, 5.74) is 0.424. The molecule has 162 valence electrons. The van der Waals surface area contributed by atoms with E-state index in [-0.39, 0.29) is 24.0 Å². The lowest BCUT2D eigenvalue weighted by Crippen LogP contribution is -2.45. The van der Waals surface area contributed by atoms with Crippen molar-refractivity contribution in [2.75, 3.05) is 30.3 Å². The first-order valence-corrected chi connectivity index (χ1v) is 9.75. The highest BCUT2D eigenvalue weighted by Crippen LogP contribution is 2.23. The summed E-state index contributed by atoms with van der Waals surface area (Å²) in [5.74, 6) is -1.82. The second-order valence-corrected chi connectivity index (χ2v) is 7.01. The minimum Gasteiger partial charge on any atom is -0.455 e. The number of rotatable bonds is 6. The highest BCUT2D eigenvalue weighted by Gasteiger charge is 2.30. The number of carbonyl (C=O) groups excluding carboxylic acids is 3. The number of urea groups is 1. The number of para-hydroxylation sites is 3. The van der Waals surface area contributed by atoms with Crippen LogP contribution < -0.4 is 10.6 Å². The molecule has 2 aromatic carbocycles. The molecule has 0 bridgehead atoms. The molecule has 1 aliphatic rings. The minimum absolute atomic E-state index is 0.0231. The van der Waals surface area contributed by atoms with Gasteiger partial charge in [0, 0.05) is 24.8 Å². The van der Waals surface area contributed by atoms with E-state index in [1.807, 2.05) is 6.07 Å². The number of carbonyl (C=O) groups is 3. The molecule has 0 saturated carbocycles. The minimum atomic E-state index is -0.683. The molecule has 1 aliphatic heterocycles. The van der Waals surface area contributed by atoms with Gasteiger partial charge in [0.15, 0.2) is 6.61 Å². The molecule has 2 N–H and O–H groups in total. The van der Waals surface area contributed by atoms with Crippen LogP contribution in [-0.4, -0.2) is 47.4 Å². The number of amides is 3.